The fraction of sp³-hybridized carbons (Fsp3) is 0.927. The molecule has 3 saturated carbocycles. The number of unbranched alkanes of at least 4 members (excludes halogenated alkanes) is 3. The van der Waals surface area contributed by atoms with Gasteiger partial charge in [-0.05, 0) is 116 Å². The maximum absolute atomic E-state index is 11.3. The summed E-state index contributed by atoms with van der Waals surface area (Å²) in [5.41, 5.74) is 4.71. The van der Waals surface area contributed by atoms with E-state index in [4.69, 9.17) is 14.3 Å². The second-order valence-corrected chi connectivity index (χ2v) is 18.9. The normalized spacial score (nSPS) is 39.5. The highest BCUT2D eigenvalue weighted by molar-refractivity contribution is 7.99. The van der Waals surface area contributed by atoms with Crippen LogP contribution in [0, 0.1) is 46.3 Å². The molecule has 5 rings (SSSR count). The Labute approximate surface area is 302 Å². The van der Waals surface area contributed by atoms with Gasteiger partial charge in [-0.1, -0.05) is 78.4 Å². The van der Waals surface area contributed by atoms with E-state index in [0.29, 0.717) is 23.4 Å². The largest absolute Gasteiger partial charge is 0.394 e. The Morgan fingerprint density at radius 1 is 1.04 bits per heavy atom. The molecule has 49 heavy (non-hydrogen) atoms. The van der Waals surface area contributed by atoms with Gasteiger partial charge in [-0.3, -0.25) is 9.63 Å². The number of hydrogen-bond donors (Lipinski definition) is 3. The van der Waals surface area contributed by atoms with Crippen LogP contribution in [0.2, 0.25) is 0 Å². The van der Waals surface area contributed by atoms with E-state index >= 15 is 0 Å². The smallest absolute Gasteiger partial charge is 0.240 e. The molecule has 0 aromatic carbocycles. The number of amides is 1. The minimum atomic E-state index is -0.813. The van der Waals surface area contributed by atoms with Crippen LogP contribution < -0.4 is 5.48 Å². The third-order valence-corrected chi connectivity index (χ3v) is 15.3. The molecule has 1 heterocycles. The van der Waals surface area contributed by atoms with Crippen molar-refractivity contribution in [1.82, 2.24) is 5.48 Å². The molecule has 1 saturated heterocycles. The van der Waals surface area contributed by atoms with Crippen molar-refractivity contribution in [2.45, 2.75) is 174 Å². The van der Waals surface area contributed by atoms with Crippen LogP contribution in [0.25, 0.3) is 0 Å². The number of rotatable bonds is 17. The van der Waals surface area contributed by atoms with Crippen LogP contribution in [0.1, 0.15) is 144 Å². The summed E-state index contributed by atoms with van der Waals surface area (Å²) in [6.45, 7) is 14.7. The molecule has 4 fully saturated rings. The summed E-state index contributed by atoms with van der Waals surface area (Å²) in [5.74, 6) is 5.92. The number of aliphatic hydroxyl groups is 2. The Balaban J connectivity index is 1.01. The standard InChI is InChI=1S/C41H71NO6S/c1-27(2)12-11-13-28(3)33-16-17-34-32-15-14-30-24-31(18-20-40(30,5)35(32)19-21-41(33,34)6)46-22-9-7-8-10-23-49-39-37(48-42-29(4)44)25-36(45)38(26-43)47-39/h14,27-28,31-39,43,45H,7-13,15-26H2,1-6H3,(H,42,44)/t28-,31?,32+,33-,34+,35+,36-,37-,38+,39+,40+,41-/m1/s1. The summed E-state index contributed by atoms with van der Waals surface area (Å²) in [7, 11) is 0. The maximum atomic E-state index is 11.3. The average molecular weight is 706 g/mol. The van der Waals surface area contributed by atoms with Crippen LogP contribution in [0.3, 0.4) is 0 Å². The predicted octanol–water partition coefficient (Wildman–Crippen LogP) is 8.61. The van der Waals surface area contributed by atoms with Crippen molar-refractivity contribution >= 4 is 17.7 Å². The maximum Gasteiger partial charge on any atom is 0.240 e. The van der Waals surface area contributed by atoms with Crippen molar-refractivity contribution in [2.75, 3.05) is 19.0 Å². The summed E-state index contributed by atoms with van der Waals surface area (Å²) in [6, 6.07) is 0. The van der Waals surface area contributed by atoms with Gasteiger partial charge < -0.3 is 19.7 Å². The number of hydrogen-bond acceptors (Lipinski definition) is 7. The third kappa shape index (κ3) is 9.48. The fourth-order valence-corrected chi connectivity index (χ4v) is 12.4. The number of thioether (sulfide) groups is 1. The molecule has 8 heteroatoms. The van der Waals surface area contributed by atoms with Crippen LogP contribution >= 0.6 is 11.8 Å². The van der Waals surface area contributed by atoms with Gasteiger partial charge in [0.2, 0.25) is 5.91 Å². The quantitative estimate of drug-likeness (QED) is 0.0792. The first-order valence-corrected chi connectivity index (χ1v) is 21.3. The topological polar surface area (TPSA) is 97.3 Å². The molecule has 0 radical (unpaired) electrons. The lowest BCUT2D eigenvalue weighted by Crippen LogP contribution is -2.51. The number of carbonyl (C=O) groups is 1. The summed E-state index contributed by atoms with van der Waals surface area (Å²) >= 11 is 1.63. The summed E-state index contributed by atoms with van der Waals surface area (Å²) in [5, 5.41) is 19.8. The molecule has 1 aliphatic heterocycles. The Morgan fingerprint density at radius 3 is 2.59 bits per heavy atom. The number of hydroxylamine groups is 1. The van der Waals surface area contributed by atoms with Crippen molar-refractivity contribution < 1.29 is 29.3 Å². The fourth-order valence-electron chi connectivity index (χ4n) is 11.2. The van der Waals surface area contributed by atoms with Crippen molar-refractivity contribution in [3.8, 4) is 0 Å². The van der Waals surface area contributed by atoms with Crippen molar-refractivity contribution in [3.05, 3.63) is 11.6 Å². The molecule has 1 unspecified atom stereocenters. The molecule has 0 bridgehead atoms. The monoisotopic (exact) mass is 706 g/mol. The van der Waals surface area contributed by atoms with Gasteiger partial charge in [0.05, 0.1) is 18.8 Å². The zero-order valence-corrected chi connectivity index (χ0v) is 32.6. The second-order valence-electron chi connectivity index (χ2n) is 17.7. The van der Waals surface area contributed by atoms with Gasteiger partial charge in [0.1, 0.15) is 17.6 Å². The lowest BCUT2D eigenvalue weighted by Gasteiger charge is -2.58. The van der Waals surface area contributed by atoms with Crippen molar-refractivity contribution in [3.63, 3.8) is 0 Å². The molecular formula is C41H71NO6S. The molecule has 0 aromatic rings. The Hall–Kier alpha value is -0.640. The SMILES string of the molecule is CC(=O)NO[C@@H]1C[C@@H](O)[C@H](CO)O[C@H]1SCCCCCCOC1CC[C@@]2(C)C(=CC[C@H]3[C@@H]4CC[C@H]([C@H](C)CCCC(C)C)[C@@]4(C)CC[C@@H]32)C1. The number of ether oxygens (including phenoxy) is 2. The van der Waals surface area contributed by atoms with Crippen LogP contribution in [-0.2, 0) is 19.1 Å². The summed E-state index contributed by atoms with van der Waals surface area (Å²) in [6.07, 6.45) is 20.9. The molecular weight excluding hydrogens is 635 g/mol. The molecule has 282 valence electrons. The molecule has 5 aliphatic rings. The summed E-state index contributed by atoms with van der Waals surface area (Å²) < 4.78 is 12.4. The molecule has 3 N–H and O–H groups in total. The molecule has 1 amide bonds. The van der Waals surface area contributed by atoms with Gasteiger partial charge in [0.25, 0.3) is 0 Å². The lowest BCUT2D eigenvalue weighted by molar-refractivity contribution is -0.185. The first kappa shape index (κ1) is 39.6. The van der Waals surface area contributed by atoms with Gasteiger partial charge in [-0.15, -0.1) is 11.8 Å². The van der Waals surface area contributed by atoms with Crippen LogP contribution in [0.5, 0.6) is 0 Å². The van der Waals surface area contributed by atoms with Gasteiger partial charge in [0, 0.05) is 20.0 Å². The van der Waals surface area contributed by atoms with Crippen LogP contribution in [0.4, 0.5) is 0 Å². The number of fused-ring (bicyclic) bond motifs is 5. The lowest BCUT2D eigenvalue weighted by atomic mass is 9.47. The number of aliphatic hydroxyl groups excluding tert-OH is 2. The zero-order chi connectivity index (χ0) is 35.2. The minimum Gasteiger partial charge on any atom is -0.394 e. The Kier molecular flexibility index (Phi) is 14.5. The van der Waals surface area contributed by atoms with E-state index < -0.39 is 18.3 Å². The van der Waals surface area contributed by atoms with Crippen molar-refractivity contribution in [2.24, 2.45) is 46.3 Å². The highest BCUT2D eigenvalue weighted by Crippen LogP contribution is 2.67. The van der Waals surface area contributed by atoms with Gasteiger partial charge in [-0.2, -0.15) is 0 Å². The van der Waals surface area contributed by atoms with E-state index in [1.54, 1.807) is 17.3 Å². The first-order chi connectivity index (χ1) is 23.5. The average Bonchev–Trinajstić information content (AvgIpc) is 3.42. The second kappa shape index (κ2) is 17.9. The van der Waals surface area contributed by atoms with Gasteiger partial charge in [0.15, 0.2) is 0 Å². The molecule has 0 spiro atoms. The van der Waals surface area contributed by atoms with Gasteiger partial charge >= 0.3 is 0 Å². The molecule has 12 atom stereocenters. The molecule has 7 nitrogen and oxygen atoms in total. The van der Waals surface area contributed by atoms with E-state index in [-0.39, 0.29) is 18.0 Å². The Morgan fingerprint density at radius 2 is 1.84 bits per heavy atom. The highest BCUT2D eigenvalue weighted by atomic mass is 32.2. The predicted molar refractivity (Wildman–Crippen MR) is 199 cm³/mol. The third-order valence-electron chi connectivity index (χ3n) is 14.0. The Bertz CT molecular complexity index is 1090. The zero-order valence-electron chi connectivity index (χ0n) is 31.8. The van der Waals surface area contributed by atoms with Crippen LogP contribution in [0.15, 0.2) is 11.6 Å². The number of carbonyl (C=O) groups excluding carboxylic acids is 1. The first-order valence-electron chi connectivity index (χ1n) is 20.3. The van der Waals surface area contributed by atoms with E-state index in [1.807, 2.05) is 0 Å². The van der Waals surface area contributed by atoms with E-state index in [1.165, 1.54) is 71.1 Å². The molecule has 0 aromatic heterocycles. The van der Waals surface area contributed by atoms with E-state index in [9.17, 15) is 15.0 Å². The van der Waals surface area contributed by atoms with Crippen LogP contribution in [-0.4, -0.2) is 64.9 Å². The minimum absolute atomic E-state index is 0.234. The van der Waals surface area contributed by atoms with E-state index in [2.05, 4.69) is 46.2 Å². The summed E-state index contributed by atoms with van der Waals surface area (Å²) in [4.78, 5) is 16.8. The number of allylic oxidation sites excluding steroid dienone is 1. The van der Waals surface area contributed by atoms with Gasteiger partial charge in [-0.25, -0.2) is 5.48 Å². The molecule has 4 aliphatic carbocycles. The highest BCUT2D eigenvalue weighted by Gasteiger charge is 2.59. The van der Waals surface area contributed by atoms with E-state index in [0.717, 1.165) is 80.0 Å². The number of nitrogens with one attached hydrogen (secondary N) is 1. The van der Waals surface area contributed by atoms with Crippen molar-refractivity contribution in [1.29, 1.82) is 0 Å².